The Hall–Kier alpha value is -2.23. The number of nitriles is 1. The van der Waals surface area contributed by atoms with Crippen molar-refractivity contribution in [2.75, 3.05) is 0 Å². The van der Waals surface area contributed by atoms with Crippen LogP contribution in [0.4, 0.5) is 18.0 Å². The van der Waals surface area contributed by atoms with Crippen LogP contribution < -0.4 is 5.32 Å². The Bertz CT molecular complexity index is 463. The van der Waals surface area contributed by atoms with Gasteiger partial charge < -0.3 is 10.4 Å². The van der Waals surface area contributed by atoms with Crippen LogP contribution in [0.25, 0.3) is 0 Å². The molecule has 1 amide bonds. The van der Waals surface area contributed by atoms with E-state index in [9.17, 15) is 18.0 Å². The molecular formula is C11H9F3N2O2. The molecule has 96 valence electrons. The number of carbonyl (C=O) groups is 1. The van der Waals surface area contributed by atoms with Crippen molar-refractivity contribution in [2.24, 2.45) is 0 Å². The van der Waals surface area contributed by atoms with Gasteiger partial charge in [-0.15, -0.1) is 0 Å². The van der Waals surface area contributed by atoms with Crippen molar-refractivity contribution >= 4 is 6.09 Å². The molecule has 1 aromatic carbocycles. The second-order valence-corrected chi connectivity index (χ2v) is 3.53. The largest absolute Gasteiger partial charge is 0.465 e. The molecule has 2 N–H and O–H groups in total. The van der Waals surface area contributed by atoms with Crippen molar-refractivity contribution in [3.8, 4) is 6.07 Å². The van der Waals surface area contributed by atoms with Gasteiger partial charge in [0.05, 0.1) is 11.6 Å². The maximum absolute atomic E-state index is 12.3. The van der Waals surface area contributed by atoms with Crippen molar-refractivity contribution in [3.05, 3.63) is 35.4 Å². The molecular weight excluding hydrogens is 249 g/mol. The zero-order valence-electron chi connectivity index (χ0n) is 9.03. The Morgan fingerprint density at radius 2 is 1.94 bits per heavy atom. The predicted octanol–water partition coefficient (Wildman–Crippen LogP) is 2.41. The first kappa shape index (κ1) is 13.8. The Morgan fingerprint density at radius 1 is 1.39 bits per heavy atom. The van der Waals surface area contributed by atoms with Crippen molar-refractivity contribution in [3.63, 3.8) is 0 Å². The number of amides is 1. The van der Waals surface area contributed by atoms with Gasteiger partial charge in [-0.25, -0.2) is 4.79 Å². The Balaban J connectivity index is 2.75. The number of rotatable bonds is 3. The van der Waals surface area contributed by atoms with Gasteiger partial charge in [0, 0.05) is 6.42 Å². The minimum atomic E-state index is -4.41. The standard InChI is InChI=1S/C11H9F3N2O2/c12-11(13,14)8-3-1-7(2-4-8)5-9(6-15)16-10(17)18/h1-4,9,16H,5H2,(H,17,18)/t9-/m0/s1. The van der Waals surface area contributed by atoms with E-state index in [1.807, 2.05) is 5.32 Å². The van der Waals surface area contributed by atoms with Gasteiger partial charge in [-0.3, -0.25) is 0 Å². The molecule has 0 saturated heterocycles. The molecule has 18 heavy (non-hydrogen) atoms. The fourth-order valence-corrected chi connectivity index (χ4v) is 1.34. The smallest absolute Gasteiger partial charge is 0.416 e. The quantitative estimate of drug-likeness (QED) is 0.874. The van der Waals surface area contributed by atoms with Crippen LogP contribution in [0.5, 0.6) is 0 Å². The average Bonchev–Trinajstić information content (AvgIpc) is 2.27. The third-order valence-electron chi connectivity index (χ3n) is 2.17. The van der Waals surface area contributed by atoms with Gasteiger partial charge in [-0.05, 0) is 17.7 Å². The molecule has 0 bridgehead atoms. The van der Waals surface area contributed by atoms with Gasteiger partial charge in [0.1, 0.15) is 6.04 Å². The maximum atomic E-state index is 12.3. The van der Waals surface area contributed by atoms with E-state index in [-0.39, 0.29) is 6.42 Å². The summed E-state index contributed by atoms with van der Waals surface area (Å²) in [5.74, 6) is 0. The van der Waals surface area contributed by atoms with Crippen LogP contribution in [-0.4, -0.2) is 17.2 Å². The molecule has 1 rings (SSSR count). The highest BCUT2D eigenvalue weighted by Gasteiger charge is 2.30. The molecule has 0 aliphatic rings. The van der Waals surface area contributed by atoms with Crippen molar-refractivity contribution in [1.82, 2.24) is 5.32 Å². The maximum Gasteiger partial charge on any atom is 0.416 e. The SMILES string of the molecule is N#C[C@H](Cc1ccc(C(F)(F)F)cc1)NC(=O)O. The lowest BCUT2D eigenvalue weighted by Crippen LogP contribution is -2.34. The lowest BCUT2D eigenvalue weighted by atomic mass is 10.0. The molecule has 0 aliphatic carbocycles. The summed E-state index contributed by atoms with van der Waals surface area (Å²) in [6.07, 6.45) is -5.75. The molecule has 0 spiro atoms. The van der Waals surface area contributed by atoms with Crippen LogP contribution in [0, 0.1) is 11.3 Å². The van der Waals surface area contributed by atoms with Crippen LogP contribution in [0.2, 0.25) is 0 Å². The second-order valence-electron chi connectivity index (χ2n) is 3.53. The van der Waals surface area contributed by atoms with Crippen molar-refractivity contribution in [2.45, 2.75) is 18.6 Å². The highest BCUT2D eigenvalue weighted by Crippen LogP contribution is 2.29. The average molecular weight is 258 g/mol. The van der Waals surface area contributed by atoms with E-state index in [1.54, 1.807) is 6.07 Å². The Labute approximate surface area is 101 Å². The monoisotopic (exact) mass is 258 g/mol. The molecule has 0 fully saturated rings. The number of hydrogen-bond acceptors (Lipinski definition) is 2. The number of benzene rings is 1. The summed E-state index contributed by atoms with van der Waals surface area (Å²) in [5.41, 5.74) is -0.339. The van der Waals surface area contributed by atoms with Gasteiger partial charge in [-0.1, -0.05) is 12.1 Å². The fraction of sp³-hybridized carbons (Fsp3) is 0.273. The third-order valence-corrected chi connectivity index (χ3v) is 2.17. The van der Waals surface area contributed by atoms with Gasteiger partial charge in [0.25, 0.3) is 0 Å². The molecule has 0 radical (unpaired) electrons. The summed E-state index contributed by atoms with van der Waals surface area (Å²) >= 11 is 0. The topological polar surface area (TPSA) is 73.1 Å². The summed E-state index contributed by atoms with van der Waals surface area (Å²) in [5, 5.41) is 19.1. The van der Waals surface area contributed by atoms with Crippen LogP contribution in [-0.2, 0) is 12.6 Å². The summed E-state index contributed by atoms with van der Waals surface area (Å²) in [6, 6.07) is 4.95. The van der Waals surface area contributed by atoms with E-state index in [2.05, 4.69) is 0 Å². The first-order chi connectivity index (χ1) is 8.32. The lowest BCUT2D eigenvalue weighted by Gasteiger charge is -2.10. The number of nitrogens with zero attached hydrogens (tertiary/aromatic N) is 1. The van der Waals surface area contributed by atoms with Crippen molar-refractivity contribution < 1.29 is 23.1 Å². The van der Waals surface area contributed by atoms with Gasteiger partial charge in [0.2, 0.25) is 0 Å². The normalized spacial score (nSPS) is 12.6. The van der Waals surface area contributed by atoms with Crippen molar-refractivity contribution in [1.29, 1.82) is 5.26 Å². The number of nitrogens with one attached hydrogen (secondary N) is 1. The molecule has 0 aromatic heterocycles. The van der Waals surface area contributed by atoms with E-state index in [4.69, 9.17) is 10.4 Å². The van der Waals surface area contributed by atoms with Crippen LogP contribution >= 0.6 is 0 Å². The molecule has 1 aromatic rings. The zero-order chi connectivity index (χ0) is 13.8. The first-order valence-electron chi connectivity index (χ1n) is 4.88. The van der Waals surface area contributed by atoms with E-state index < -0.39 is 23.9 Å². The van der Waals surface area contributed by atoms with Gasteiger partial charge in [-0.2, -0.15) is 18.4 Å². The number of hydrogen-bond donors (Lipinski definition) is 2. The fourth-order valence-electron chi connectivity index (χ4n) is 1.34. The molecule has 4 nitrogen and oxygen atoms in total. The molecule has 1 atom stereocenters. The number of carboxylic acid groups (broad SMARTS) is 1. The lowest BCUT2D eigenvalue weighted by molar-refractivity contribution is -0.137. The first-order valence-corrected chi connectivity index (χ1v) is 4.88. The molecule has 7 heteroatoms. The summed E-state index contributed by atoms with van der Waals surface area (Å²) in [6.45, 7) is 0. The molecule has 0 unspecified atom stereocenters. The number of halogens is 3. The van der Waals surface area contributed by atoms with E-state index in [1.165, 1.54) is 12.1 Å². The van der Waals surface area contributed by atoms with E-state index in [0.717, 1.165) is 12.1 Å². The summed E-state index contributed by atoms with van der Waals surface area (Å²) in [7, 11) is 0. The number of alkyl halides is 3. The minimum Gasteiger partial charge on any atom is -0.465 e. The molecule has 0 saturated carbocycles. The second kappa shape index (κ2) is 5.40. The molecule has 0 aliphatic heterocycles. The zero-order valence-corrected chi connectivity index (χ0v) is 9.03. The minimum absolute atomic E-state index is 0.0148. The highest BCUT2D eigenvalue weighted by atomic mass is 19.4. The van der Waals surface area contributed by atoms with Crippen LogP contribution in [0.3, 0.4) is 0 Å². The van der Waals surface area contributed by atoms with E-state index >= 15 is 0 Å². The van der Waals surface area contributed by atoms with Crippen LogP contribution in [0.1, 0.15) is 11.1 Å². The van der Waals surface area contributed by atoms with E-state index in [0.29, 0.717) is 5.56 Å². The van der Waals surface area contributed by atoms with Gasteiger partial charge >= 0.3 is 12.3 Å². The Kier molecular flexibility index (Phi) is 4.15. The summed E-state index contributed by atoms with van der Waals surface area (Å²) < 4.78 is 36.8. The van der Waals surface area contributed by atoms with Gasteiger partial charge in [0.15, 0.2) is 0 Å². The Morgan fingerprint density at radius 3 is 2.33 bits per heavy atom. The van der Waals surface area contributed by atoms with Crippen LogP contribution in [0.15, 0.2) is 24.3 Å². The molecule has 0 heterocycles. The highest BCUT2D eigenvalue weighted by molar-refractivity contribution is 5.65. The third kappa shape index (κ3) is 3.97. The summed E-state index contributed by atoms with van der Waals surface area (Å²) in [4.78, 5) is 10.3. The predicted molar refractivity (Wildman–Crippen MR) is 55.7 cm³/mol.